The van der Waals surface area contributed by atoms with E-state index in [2.05, 4.69) is 10.6 Å². The quantitative estimate of drug-likeness (QED) is 0.704. The van der Waals surface area contributed by atoms with Crippen molar-refractivity contribution in [2.24, 2.45) is 0 Å². The number of carbonyl (C=O) groups is 2. The second-order valence-electron chi connectivity index (χ2n) is 6.54. The molecule has 0 radical (unpaired) electrons. The van der Waals surface area contributed by atoms with Gasteiger partial charge in [0.1, 0.15) is 11.6 Å². The van der Waals surface area contributed by atoms with Gasteiger partial charge in [0, 0.05) is 12.5 Å². The zero-order valence-electron chi connectivity index (χ0n) is 16.7. The monoisotopic (exact) mass is 431 g/mol. The number of nitrogens with one attached hydrogen (secondary N) is 2. The summed E-state index contributed by atoms with van der Waals surface area (Å²) in [6.07, 6.45) is 0.962. The molecule has 0 aliphatic carbocycles. The van der Waals surface area contributed by atoms with E-state index >= 15 is 0 Å². The molecule has 0 unspecified atom stereocenters. The number of carbonyl (C=O) groups excluding carboxylic acids is 2. The number of hydrogen-bond acceptors (Lipinski definition) is 5. The van der Waals surface area contributed by atoms with E-state index < -0.39 is 11.9 Å². The number of rotatable bonds is 4. The summed E-state index contributed by atoms with van der Waals surface area (Å²) in [5.74, 6) is -0.133. The van der Waals surface area contributed by atoms with Crippen molar-refractivity contribution < 1.29 is 23.5 Å². The molecule has 0 spiro atoms. The van der Waals surface area contributed by atoms with Crippen molar-refractivity contribution >= 4 is 46.4 Å². The van der Waals surface area contributed by atoms with Gasteiger partial charge in [0.15, 0.2) is 5.11 Å². The second kappa shape index (κ2) is 9.53. The van der Waals surface area contributed by atoms with Gasteiger partial charge in [0.05, 0.1) is 30.8 Å². The smallest absolute Gasteiger partial charge is 0.413 e. The Kier molecular flexibility index (Phi) is 6.83. The molecule has 3 rings (SSSR count). The molecular weight excluding hydrogens is 409 g/mol. The maximum absolute atomic E-state index is 13.8. The SMILES string of the molecule is CCOC(=O)NC(=S)Nc1cc2c(cc1OC)N(c1cccc(F)c1)C(=O)CCC2. The fourth-order valence-corrected chi connectivity index (χ4v) is 3.47. The average Bonchev–Trinajstić information content (AvgIpc) is 2.85. The van der Waals surface area contributed by atoms with Gasteiger partial charge in [-0.05, 0) is 61.8 Å². The molecule has 1 aliphatic heterocycles. The highest BCUT2D eigenvalue weighted by Crippen LogP contribution is 2.39. The van der Waals surface area contributed by atoms with Crippen molar-refractivity contribution in [2.45, 2.75) is 26.2 Å². The van der Waals surface area contributed by atoms with Gasteiger partial charge in [0.25, 0.3) is 0 Å². The van der Waals surface area contributed by atoms with E-state index in [-0.39, 0.29) is 17.6 Å². The predicted octanol–water partition coefficient (Wildman–Crippen LogP) is 4.28. The standard InChI is InChI=1S/C21H22FN3O4S/c1-3-29-21(27)24-20(30)23-16-10-13-6-4-9-19(26)25(17(13)12-18(16)28-2)15-8-5-7-14(22)11-15/h5,7-8,10-12H,3-4,6,9H2,1-2H3,(H2,23,24,27,30). The summed E-state index contributed by atoms with van der Waals surface area (Å²) in [4.78, 5) is 25.9. The summed E-state index contributed by atoms with van der Waals surface area (Å²) in [7, 11) is 1.49. The zero-order valence-corrected chi connectivity index (χ0v) is 17.5. The third-order valence-corrected chi connectivity index (χ3v) is 4.74. The number of ether oxygens (including phenoxy) is 2. The van der Waals surface area contributed by atoms with Crippen molar-refractivity contribution in [1.82, 2.24) is 5.32 Å². The summed E-state index contributed by atoms with van der Waals surface area (Å²) < 4.78 is 24.1. The Morgan fingerprint density at radius 3 is 2.77 bits per heavy atom. The van der Waals surface area contributed by atoms with Gasteiger partial charge in [-0.1, -0.05) is 6.07 Å². The molecule has 2 aromatic carbocycles. The number of benzene rings is 2. The van der Waals surface area contributed by atoms with Gasteiger partial charge in [0.2, 0.25) is 5.91 Å². The number of alkyl carbamates (subject to hydrolysis) is 1. The summed E-state index contributed by atoms with van der Waals surface area (Å²) in [5, 5.41) is 5.40. The molecule has 0 saturated heterocycles. The summed E-state index contributed by atoms with van der Waals surface area (Å²) in [5.41, 5.74) is 2.47. The van der Waals surface area contributed by atoms with Crippen LogP contribution in [0.15, 0.2) is 36.4 Å². The number of amides is 2. The minimum atomic E-state index is -0.661. The van der Waals surface area contributed by atoms with Crippen LogP contribution in [0.2, 0.25) is 0 Å². The maximum atomic E-state index is 13.8. The molecule has 1 heterocycles. The first-order chi connectivity index (χ1) is 14.4. The first-order valence-electron chi connectivity index (χ1n) is 9.47. The predicted molar refractivity (Wildman–Crippen MR) is 116 cm³/mol. The number of nitrogens with zero attached hydrogens (tertiary/aromatic N) is 1. The zero-order chi connectivity index (χ0) is 21.7. The molecule has 0 aromatic heterocycles. The molecule has 7 nitrogen and oxygen atoms in total. The Morgan fingerprint density at radius 1 is 1.27 bits per heavy atom. The highest BCUT2D eigenvalue weighted by Gasteiger charge is 2.26. The average molecular weight is 431 g/mol. The number of hydrogen-bond donors (Lipinski definition) is 2. The molecule has 2 N–H and O–H groups in total. The van der Waals surface area contributed by atoms with E-state index in [4.69, 9.17) is 21.7 Å². The first kappa shape index (κ1) is 21.5. The highest BCUT2D eigenvalue weighted by atomic mass is 32.1. The number of aryl methyl sites for hydroxylation is 1. The normalized spacial score (nSPS) is 13.2. The Balaban J connectivity index is 1.97. The Hall–Kier alpha value is -3.20. The van der Waals surface area contributed by atoms with Crippen LogP contribution in [-0.4, -0.2) is 30.8 Å². The third kappa shape index (κ3) is 4.85. The molecule has 2 aromatic rings. The van der Waals surface area contributed by atoms with Crippen molar-refractivity contribution in [1.29, 1.82) is 0 Å². The molecule has 30 heavy (non-hydrogen) atoms. The lowest BCUT2D eigenvalue weighted by molar-refractivity contribution is -0.117. The van der Waals surface area contributed by atoms with Crippen molar-refractivity contribution in [3.63, 3.8) is 0 Å². The lowest BCUT2D eigenvalue weighted by Gasteiger charge is -2.25. The third-order valence-electron chi connectivity index (χ3n) is 4.53. The highest BCUT2D eigenvalue weighted by molar-refractivity contribution is 7.80. The maximum Gasteiger partial charge on any atom is 0.413 e. The van der Waals surface area contributed by atoms with Crippen LogP contribution in [-0.2, 0) is 16.0 Å². The van der Waals surface area contributed by atoms with Crippen LogP contribution in [0.3, 0.4) is 0 Å². The molecule has 9 heteroatoms. The number of halogens is 1. The van der Waals surface area contributed by atoms with E-state index in [0.717, 1.165) is 5.56 Å². The molecule has 158 valence electrons. The molecule has 1 aliphatic rings. The van der Waals surface area contributed by atoms with E-state index in [9.17, 15) is 14.0 Å². The van der Waals surface area contributed by atoms with Gasteiger partial charge in [-0.25, -0.2) is 9.18 Å². The fourth-order valence-electron chi connectivity index (χ4n) is 3.28. The molecular formula is C21H22FN3O4S. The Labute approximate surface area is 179 Å². The van der Waals surface area contributed by atoms with Gasteiger partial charge in [-0.2, -0.15) is 0 Å². The van der Waals surface area contributed by atoms with Crippen LogP contribution >= 0.6 is 12.2 Å². The number of fused-ring (bicyclic) bond motifs is 1. The van der Waals surface area contributed by atoms with Gasteiger partial charge in [-0.3, -0.25) is 15.0 Å². The van der Waals surface area contributed by atoms with E-state index in [0.29, 0.717) is 42.1 Å². The van der Waals surface area contributed by atoms with Crippen molar-refractivity contribution in [2.75, 3.05) is 23.9 Å². The molecule has 0 fully saturated rings. The van der Waals surface area contributed by atoms with Crippen LogP contribution in [0.5, 0.6) is 5.75 Å². The summed E-state index contributed by atoms with van der Waals surface area (Å²) >= 11 is 5.16. The molecule has 0 bridgehead atoms. The van der Waals surface area contributed by atoms with Crippen LogP contribution in [0.4, 0.5) is 26.2 Å². The van der Waals surface area contributed by atoms with Gasteiger partial charge in [-0.15, -0.1) is 0 Å². The molecule has 0 saturated carbocycles. The van der Waals surface area contributed by atoms with Crippen LogP contribution < -0.4 is 20.3 Å². The van der Waals surface area contributed by atoms with Crippen LogP contribution in [0, 0.1) is 5.82 Å². The van der Waals surface area contributed by atoms with Crippen LogP contribution in [0.25, 0.3) is 0 Å². The Morgan fingerprint density at radius 2 is 2.07 bits per heavy atom. The van der Waals surface area contributed by atoms with E-state index in [1.807, 2.05) is 6.07 Å². The number of methoxy groups -OCH3 is 1. The molecule has 2 amide bonds. The van der Waals surface area contributed by atoms with Crippen molar-refractivity contribution in [3.8, 4) is 5.75 Å². The van der Waals surface area contributed by atoms with Crippen molar-refractivity contribution in [3.05, 3.63) is 47.8 Å². The molecule has 0 atom stereocenters. The lowest BCUT2D eigenvalue weighted by atomic mass is 10.1. The van der Waals surface area contributed by atoms with E-state index in [1.165, 1.54) is 24.1 Å². The van der Waals surface area contributed by atoms with E-state index in [1.54, 1.807) is 25.1 Å². The first-order valence-corrected chi connectivity index (χ1v) is 9.88. The largest absolute Gasteiger partial charge is 0.494 e. The summed E-state index contributed by atoms with van der Waals surface area (Å²) in [6.45, 7) is 1.91. The number of thiocarbonyl (C=S) groups is 1. The summed E-state index contributed by atoms with van der Waals surface area (Å²) in [6, 6.07) is 9.43. The number of anilines is 3. The van der Waals surface area contributed by atoms with Gasteiger partial charge >= 0.3 is 6.09 Å². The lowest BCUT2D eigenvalue weighted by Crippen LogP contribution is -2.34. The topological polar surface area (TPSA) is 79.9 Å². The second-order valence-corrected chi connectivity index (χ2v) is 6.95. The van der Waals surface area contributed by atoms with Crippen LogP contribution in [0.1, 0.15) is 25.3 Å². The minimum absolute atomic E-state index is 0.0541. The van der Waals surface area contributed by atoms with Gasteiger partial charge < -0.3 is 14.8 Å². The Bertz CT molecular complexity index is 983. The minimum Gasteiger partial charge on any atom is -0.494 e. The fraction of sp³-hybridized carbons (Fsp3) is 0.286.